The maximum atomic E-state index is 12.1. The lowest BCUT2D eigenvalue weighted by atomic mass is 10.3. The van der Waals surface area contributed by atoms with Crippen LogP contribution in [0.5, 0.6) is 0 Å². The van der Waals surface area contributed by atoms with Gasteiger partial charge in [0.15, 0.2) is 0 Å². The van der Waals surface area contributed by atoms with Crippen molar-refractivity contribution >= 4 is 29.5 Å². The summed E-state index contributed by atoms with van der Waals surface area (Å²) < 4.78 is 4.95. The summed E-state index contributed by atoms with van der Waals surface area (Å²) in [6, 6.07) is 5.96. The molecule has 0 bridgehead atoms. The second-order valence-electron chi connectivity index (χ2n) is 6.09. The topological polar surface area (TPSA) is 66.0 Å². The van der Waals surface area contributed by atoms with E-state index in [0.29, 0.717) is 23.9 Å². The molecule has 0 unspecified atom stereocenters. The van der Waals surface area contributed by atoms with Gasteiger partial charge in [0, 0.05) is 45.5 Å². The molecule has 1 amide bonds. The molecule has 2 saturated heterocycles. The number of hydrogen-bond acceptors (Lipinski definition) is 7. The number of hydrogen-bond donors (Lipinski definition) is 0. The van der Waals surface area contributed by atoms with E-state index in [1.165, 1.54) is 17.8 Å². The molecule has 0 aliphatic carbocycles. The smallest absolute Gasteiger partial charge is 0.333 e. The van der Waals surface area contributed by atoms with Crippen LogP contribution >= 0.6 is 11.8 Å². The van der Waals surface area contributed by atoms with Gasteiger partial charge >= 0.3 is 5.97 Å². The molecule has 2 fully saturated rings. The predicted molar refractivity (Wildman–Crippen MR) is 102 cm³/mol. The molecule has 1 aromatic heterocycles. The fourth-order valence-electron chi connectivity index (χ4n) is 3.04. The fourth-order valence-corrected chi connectivity index (χ4v) is 3.99. The summed E-state index contributed by atoms with van der Waals surface area (Å²) in [6.45, 7) is 7.21. The molecule has 3 heterocycles. The van der Waals surface area contributed by atoms with Gasteiger partial charge in [0.25, 0.3) is 0 Å². The van der Waals surface area contributed by atoms with Crippen LogP contribution in [-0.2, 0) is 14.3 Å². The highest BCUT2D eigenvalue weighted by Gasteiger charge is 2.28. The molecule has 3 rings (SSSR count). The zero-order valence-corrected chi connectivity index (χ0v) is 15.8. The normalized spacial score (nSPS) is 20.0. The van der Waals surface area contributed by atoms with Gasteiger partial charge in [-0.1, -0.05) is 17.8 Å². The van der Waals surface area contributed by atoms with Gasteiger partial charge in [0.05, 0.1) is 23.5 Å². The summed E-state index contributed by atoms with van der Waals surface area (Å²) in [4.78, 5) is 34.5. The van der Waals surface area contributed by atoms with Gasteiger partial charge in [-0.25, -0.2) is 9.78 Å². The number of esters is 1. The summed E-state index contributed by atoms with van der Waals surface area (Å²) >= 11 is 1.40. The molecule has 1 aromatic rings. The second-order valence-corrected chi connectivity index (χ2v) is 7.08. The lowest BCUT2D eigenvalue weighted by Crippen LogP contribution is -2.48. The van der Waals surface area contributed by atoms with Crippen molar-refractivity contribution in [1.82, 2.24) is 14.8 Å². The number of nitrogens with zero attached hydrogens (tertiary/aromatic N) is 4. The summed E-state index contributed by atoms with van der Waals surface area (Å²) in [5.74, 6) is 1.06. The Balaban J connectivity index is 1.49. The monoisotopic (exact) mass is 376 g/mol. The first-order valence-corrected chi connectivity index (χ1v) is 9.86. The van der Waals surface area contributed by atoms with Crippen LogP contribution < -0.4 is 4.90 Å². The van der Waals surface area contributed by atoms with Gasteiger partial charge < -0.3 is 14.5 Å². The van der Waals surface area contributed by atoms with E-state index in [9.17, 15) is 9.59 Å². The third-order valence-corrected chi connectivity index (χ3v) is 5.45. The Kier molecular flexibility index (Phi) is 6.51. The van der Waals surface area contributed by atoms with Crippen molar-refractivity contribution in [2.75, 3.05) is 56.5 Å². The summed E-state index contributed by atoms with van der Waals surface area (Å²) in [5.41, 5.74) is 0. The van der Waals surface area contributed by atoms with Gasteiger partial charge in [0.1, 0.15) is 5.82 Å². The van der Waals surface area contributed by atoms with E-state index in [0.717, 1.165) is 38.5 Å². The average molecular weight is 376 g/mol. The van der Waals surface area contributed by atoms with Crippen molar-refractivity contribution in [3.63, 3.8) is 0 Å². The number of thioether (sulfide) groups is 1. The highest BCUT2D eigenvalue weighted by Crippen LogP contribution is 2.28. The Bertz CT molecular complexity index is 660. The number of rotatable bonds is 6. The van der Waals surface area contributed by atoms with E-state index in [-0.39, 0.29) is 5.91 Å². The molecule has 26 heavy (non-hydrogen) atoms. The number of aromatic nitrogens is 1. The molecule has 2 aliphatic heterocycles. The van der Waals surface area contributed by atoms with Gasteiger partial charge in [-0.05, 0) is 19.1 Å². The third kappa shape index (κ3) is 4.76. The molecule has 140 valence electrons. The molecule has 0 radical (unpaired) electrons. The van der Waals surface area contributed by atoms with Crippen LogP contribution in [0, 0.1) is 0 Å². The highest BCUT2D eigenvalue weighted by molar-refractivity contribution is 8.04. The molecule has 0 N–H and O–H groups in total. The van der Waals surface area contributed by atoms with Gasteiger partial charge in [-0.2, -0.15) is 0 Å². The first-order valence-electron chi connectivity index (χ1n) is 8.87. The standard InChI is InChI=1S/C18H24N4O3S/c1-2-25-18(24)13-17-22(16(23)14-26-17)12-9-20-7-10-21(11-8-20)15-5-3-4-6-19-15/h3-6,13H,2,7-12,14H2,1H3/b17-13-. The molecule has 0 atom stereocenters. The summed E-state index contributed by atoms with van der Waals surface area (Å²) in [6.07, 6.45) is 3.24. The number of anilines is 1. The first-order chi connectivity index (χ1) is 12.7. The molecule has 7 nitrogen and oxygen atoms in total. The van der Waals surface area contributed by atoms with Crippen LogP contribution in [0.2, 0.25) is 0 Å². The van der Waals surface area contributed by atoms with Crippen molar-refractivity contribution in [2.45, 2.75) is 6.92 Å². The van der Waals surface area contributed by atoms with Crippen LogP contribution in [0.1, 0.15) is 6.92 Å². The number of carbonyl (C=O) groups excluding carboxylic acids is 2. The van der Waals surface area contributed by atoms with E-state index >= 15 is 0 Å². The van der Waals surface area contributed by atoms with Crippen molar-refractivity contribution in [2.24, 2.45) is 0 Å². The number of carbonyl (C=O) groups is 2. The van der Waals surface area contributed by atoms with Crippen molar-refractivity contribution < 1.29 is 14.3 Å². The Morgan fingerprint density at radius 3 is 2.77 bits per heavy atom. The van der Waals surface area contributed by atoms with Crippen molar-refractivity contribution in [3.05, 3.63) is 35.5 Å². The quantitative estimate of drug-likeness (QED) is 0.546. The SMILES string of the molecule is CCOC(=O)/C=C1\SCC(=O)N1CCN1CCN(c2ccccn2)CC1. The lowest BCUT2D eigenvalue weighted by molar-refractivity contribution is -0.137. The van der Waals surface area contributed by atoms with Crippen LogP contribution in [0.4, 0.5) is 5.82 Å². The second kappa shape index (κ2) is 9.05. The number of ether oxygens (including phenoxy) is 1. The largest absolute Gasteiger partial charge is 0.463 e. The van der Waals surface area contributed by atoms with Crippen molar-refractivity contribution in [1.29, 1.82) is 0 Å². The number of pyridine rings is 1. The molecular weight excluding hydrogens is 352 g/mol. The molecule has 0 spiro atoms. The summed E-state index contributed by atoms with van der Waals surface area (Å²) in [5, 5.41) is 0.695. The van der Waals surface area contributed by atoms with Crippen LogP contribution in [0.3, 0.4) is 0 Å². The molecule has 0 aromatic carbocycles. The Labute approximate surface area is 158 Å². The van der Waals surface area contributed by atoms with Crippen LogP contribution in [0.15, 0.2) is 35.5 Å². The molecule has 8 heteroatoms. The lowest BCUT2D eigenvalue weighted by Gasteiger charge is -2.36. The highest BCUT2D eigenvalue weighted by atomic mass is 32.2. The van der Waals surface area contributed by atoms with E-state index in [4.69, 9.17) is 4.74 Å². The van der Waals surface area contributed by atoms with Gasteiger partial charge in [-0.15, -0.1) is 0 Å². The van der Waals surface area contributed by atoms with Gasteiger partial charge in [-0.3, -0.25) is 9.69 Å². The average Bonchev–Trinajstić information content (AvgIpc) is 3.01. The van der Waals surface area contributed by atoms with E-state index < -0.39 is 5.97 Å². The third-order valence-electron chi connectivity index (χ3n) is 4.42. The molecular formula is C18H24N4O3S. The minimum atomic E-state index is -0.390. The van der Waals surface area contributed by atoms with Crippen LogP contribution in [0.25, 0.3) is 0 Å². The first kappa shape index (κ1) is 18.7. The van der Waals surface area contributed by atoms with E-state index in [2.05, 4.69) is 14.8 Å². The van der Waals surface area contributed by atoms with Gasteiger partial charge in [0.2, 0.25) is 5.91 Å². The summed E-state index contributed by atoms with van der Waals surface area (Å²) in [7, 11) is 0. The molecule has 2 aliphatic rings. The Morgan fingerprint density at radius 1 is 1.27 bits per heavy atom. The zero-order chi connectivity index (χ0) is 18.4. The van der Waals surface area contributed by atoms with E-state index in [1.807, 2.05) is 24.4 Å². The minimum absolute atomic E-state index is 0.0534. The fraction of sp³-hybridized carbons (Fsp3) is 0.500. The maximum absolute atomic E-state index is 12.1. The molecule has 0 saturated carbocycles. The Hall–Kier alpha value is -2.06. The van der Waals surface area contributed by atoms with E-state index in [1.54, 1.807) is 11.8 Å². The van der Waals surface area contributed by atoms with Crippen LogP contribution in [-0.4, -0.2) is 78.3 Å². The minimum Gasteiger partial charge on any atom is -0.463 e. The number of piperazine rings is 1. The predicted octanol–water partition coefficient (Wildman–Crippen LogP) is 1.18. The number of amides is 1. The zero-order valence-electron chi connectivity index (χ0n) is 15.0. The maximum Gasteiger partial charge on any atom is 0.333 e. The Morgan fingerprint density at radius 2 is 2.08 bits per heavy atom. The van der Waals surface area contributed by atoms with Crippen molar-refractivity contribution in [3.8, 4) is 0 Å².